The van der Waals surface area contributed by atoms with Crippen LogP contribution in [0.5, 0.6) is 0 Å². The van der Waals surface area contributed by atoms with Gasteiger partial charge in [0.15, 0.2) is 0 Å². The highest BCUT2D eigenvalue weighted by Gasteiger charge is 2.47. The van der Waals surface area contributed by atoms with Crippen LogP contribution < -0.4 is 16.1 Å². The average Bonchev–Trinajstić information content (AvgIpc) is 2.79. The Bertz CT molecular complexity index is 639. The van der Waals surface area contributed by atoms with Crippen LogP contribution in [0.15, 0.2) is 0 Å². The van der Waals surface area contributed by atoms with Crippen molar-refractivity contribution >= 4 is 23.9 Å². The number of carbonyl (C=O) groups excluding carboxylic acids is 4. The molecule has 3 N–H and O–H groups in total. The number of piperidine rings is 1. The van der Waals surface area contributed by atoms with Crippen molar-refractivity contribution in [2.75, 3.05) is 19.6 Å². The first-order valence-corrected chi connectivity index (χ1v) is 9.61. The van der Waals surface area contributed by atoms with Gasteiger partial charge in [-0.25, -0.2) is 9.59 Å². The number of nitrogens with one attached hydrogen (secondary N) is 3. The van der Waals surface area contributed by atoms with Gasteiger partial charge >= 0.3 is 12.1 Å². The van der Waals surface area contributed by atoms with Crippen molar-refractivity contribution < 1.29 is 23.9 Å². The second kappa shape index (κ2) is 8.34. The Hall–Kier alpha value is -2.36. The van der Waals surface area contributed by atoms with Crippen LogP contribution in [0.2, 0.25) is 0 Å². The molecule has 0 aromatic carbocycles. The zero-order valence-electron chi connectivity index (χ0n) is 17.3. The lowest BCUT2D eigenvalue weighted by molar-refractivity contribution is -0.139. The first-order chi connectivity index (χ1) is 12.9. The number of alkyl carbamates (subject to hydrolysis) is 1. The van der Waals surface area contributed by atoms with Crippen molar-refractivity contribution in [1.29, 1.82) is 0 Å². The standard InChI is InChI=1S/C18H31N5O5/c1-6-18(5)14(25)23(15(26)20-18)21-13(24)11-22-9-7-12(8-10-22)19-16(27)28-17(2,3)4/h12H,6-11H2,1-5H3,(H,19,27)(H,20,26)(H,21,24). The van der Waals surface area contributed by atoms with Gasteiger partial charge in [-0.15, -0.1) is 0 Å². The van der Waals surface area contributed by atoms with E-state index in [1.165, 1.54) is 0 Å². The van der Waals surface area contributed by atoms with Crippen LogP contribution in [0, 0.1) is 0 Å². The second-order valence-corrected chi connectivity index (χ2v) is 8.49. The smallest absolute Gasteiger partial charge is 0.407 e. The van der Waals surface area contributed by atoms with E-state index in [2.05, 4.69) is 16.1 Å². The van der Waals surface area contributed by atoms with Crippen molar-refractivity contribution in [2.24, 2.45) is 0 Å². The molecule has 2 rings (SSSR count). The molecule has 2 aliphatic heterocycles. The molecule has 158 valence electrons. The zero-order valence-corrected chi connectivity index (χ0v) is 17.3. The van der Waals surface area contributed by atoms with Crippen LogP contribution in [0.25, 0.3) is 0 Å². The van der Waals surface area contributed by atoms with Gasteiger partial charge < -0.3 is 15.4 Å². The molecule has 2 aliphatic rings. The van der Waals surface area contributed by atoms with Gasteiger partial charge in [0.05, 0.1) is 6.54 Å². The summed E-state index contributed by atoms with van der Waals surface area (Å²) < 4.78 is 5.25. The number of hydrazine groups is 1. The monoisotopic (exact) mass is 397 g/mol. The topological polar surface area (TPSA) is 120 Å². The fourth-order valence-electron chi connectivity index (χ4n) is 3.10. The molecule has 2 saturated heterocycles. The Kier molecular flexibility index (Phi) is 6.53. The van der Waals surface area contributed by atoms with Gasteiger partial charge in [-0.3, -0.25) is 19.9 Å². The molecule has 10 heteroatoms. The summed E-state index contributed by atoms with van der Waals surface area (Å²) in [6.07, 6.45) is 1.36. The summed E-state index contributed by atoms with van der Waals surface area (Å²) in [4.78, 5) is 50.3. The number of carbonyl (C=O) groups is 4. The van der Waals surface area contributed by atoms with Crippen molar-refractivity contribution in [3.63, 3.8) is 0 Å². The number of imide groups is 1. The van der Waals surface area contributed by atoms with E-state index in [9.17, 15) is 19.2 Å². The maximum atomic E-state index is 12.3. The maximum absolute atomic E-state index is 12.3. The van der Waals surface area contributed by atoms with E-state index in [1.807, 2.05) is 25.7 Å². The third kappa shape index (κ3) is 5.57. The lowest BCUT2D eigenvalue weighted by Crippen LogP contribution is -2.53. The predicted molar refractivity (Wildman–Crippen MR) is 101 cm³/mol. The minimum atomic E-state index is -0.990. The molecule has 5 amide bonds. The van der Waals surface area contributed by atoms with Crippen molar-refractivity contribution in [1.82, 2.24) is 26.0 Å². The molecular weight excluding hydrogens is 366 g/mol. The fourth-order valence-corrected chi connectivity index (χ4v) is 3.10. The van der Waals surface area contributed by atoms with Crippen LogP contribution in [0.4, 0.5) is 9.59 Å². The van der Waals surface area contributed by atoms with Crippen LogP contribution in [-0.2, 0) is 14.3 Å². The molecule has 1 unspecified atom stereocenters. The highest BCUT2D eigenvalue weighted by Crippen LogP contribution is 2.19. The van der Waals surface area contributed by atoms with Gasteiger partial charge in [0.2, 0.25) is 0 Å². The number of hydrogen-bond acceptors (Lipinski definition) is 6. The quantitative estimate of drug-likeness (QED) is 0.588. The number of likely N-dealkylation sites (tertiary alicyclic amines) is 1. The largest absolute Gasteiger partial charge is 0.444 e. The van der Waals surface area contributed by atoms with Gasteiger partial charge in [-0.2, -0.15) is 5.01 Å². The summed E-state index contributed by atoms with van der Waals surface area (Å²) in [7, 11) is 0. The number of urea groups is 1. The Morgan fingerprint density at radius 1 is 1.25 bits per heavy atom. The molecule has 0 saturated carbocycles. The Morgan fingerprint density at radius 3 is 2.36 bits per heavy atom. The molecule has 1 atom stereocenters. The van der Waals surface area contributed by atoms with Crippen LogP contribution in [0.3, 0.4) is 0 Å². The van der Waals surface area contributed by atoms with Crippen molar-refractivity contribution in [2.45, 2.75) is 71.1 Å². The van der Waals surface area contributed by atoms with Crippen molar-refractivity contribution in [3.8, 4) is 0 Å². The molecule has 10 nitrogen and oxygen atoms in total. The van der Waals surface area contributed by atoms with Gasteiger partial charge in [0.25, 0.3) is 11.8 Å². The summed E-state index contributed by atoms with van der Waals surface area (Å²) in [5.41, 5.74) is 0.850. The van der Waals surface area contributed by atoms with Crippen LogP contribution >= 0.6 is 0 Å². The normalized spacial score (nSPS) is 24.1. The van der Waals surface area contributed by atoms with E-state index in [-0.39, 0.29) is 12.6 Å². The molecule has 0 aromatic heterocycles. The van der Waals surface area contributed by atoms with E-state index in [0.29, 0.717) is 32.4 Å². The molecule has 0 aromatic rings. The van der Waals surface area contributed by atoms with E-state index >= 15 is 0 Å². The molecule has 0 bridgehead atoms. The number of nitrogens with zero attached hydrogens (tertiary/aromatic N) is 2. The SMILES string of the molecule is CCC1(C)NC(=O)N(NC(=O)CN2CCC(NC(=O)OC(C)(C)C)CC2)C1=O. The zero-order chi connectivity index (χ0) is 21.1. The van der Waals surface area contributed by atoms with E-state index in [0.717, 1.165) is 5.01 Å². The van der Waals surface area contributed by atoms with Gasteiger partial charge in [-0.1, -0.05) is 6.92 Å². The molecule has 0 aliphatic carbocycles. The highest BCUT2D eigenvalue weighted by molar-refractivity contribution is 6.07. The lowest BCUT2D eigenvalue weighted by Gasteiger charge is -2.32. The molecule has 2 heterocycles. The molecule has 0 radical (unpaired) electrons. The minimum absolute atomic E-state index is 0.00893. The minimum Gasteiger partial charge on any atom is -0.444 e. The van der Waals surface area contributed by atoms with Crippen LogP contribution in [-0.4, -0.2) is 70.7 Å². The van der Waals surface area contributed by atoms with Gasteiger partial charge in [0.1, 0.15) is 11.1 Å². The summed E-state index contributed by atoms with van der Waals surface area (Å²) >= 11 is 0. The molecular formula is C18H31N5O5. The first-order valence-electron chi connectivity index (χ1n) is 9.61. The molecule has 28 heavy (non-hydrogen) atoms. The fraction of sp³-hybridized carbons (Fsp3) is 0.778. The third-order valence-corrected chi connectivity index (χ3v) is 4.88. The summed E-state index contributed by atoms with van der Waals surface area (Å²) in [6.45, 7) is 10.1. The Morgan fingerprint density at radius 2 is 1.86 bits per heavy atom. The summed E-state index contributed by atoms with van der Waals surface area (Å²) in [6, 6.07) is -0.631. The number of amides is 5. The maximum Gasteiger partial charge on any atom is 0.407 e. The van der Waals surface area contributed by atoms with Crippen molar-refractivity contribution in [3.05, 3.63) is 0 Å². The Labute approximate surface area is 165 Å². The van der Waals surface area contributed by atoms with E-state index < -0.39 is 35.1 Å². The molecule has 2 fully saturated rings. The number of ether oxygens (including phenoxy) is 1. The summed E-state index contributed by atoms with van der Waals surface area (Å²) in [5.74, 6) is -0.893. The Balaban J connectivity index is 1.76. The van der Waals surface area contributed by atoms with E-state index in [4.69, 9.17) is 4.74 Å². The number of rotatable bonds is 5. The van der Waals surface area contributed by atoms with Gasteiger partial charge in [-0.05, 0) is 47.0 Å². The number of hydrogen-bond donors (Lipinski definition) is 3. The first kappa shape index (κ1) is 21.9. The van der Waals surface area contributed by atoms with Gasteiger partial charge in [0, 0.05) is 19.1 Å². The third-order valence-electron chi connectivity index (χ3n) is 4.88. The average molecular weight is 397 g/mol. The lowest BCUT2D eigenvalue weighted by atomic mass is 10.00. The van der Waals surface area contributed by atoms with Crippen LogP contribution in [0.1, 0.15) is 53.9 Å². The predicted octanol–water partition coefficient (Wildman–Crippen LogP) is 0.727. The highest BCUT2D eigenvalue weighted by atomic mass is 16.6. The molecule has 0 spiro atoms. The second-order valence-electron chi connectivity index (χ2n) is 8.49. The summed E-state index contributed by atoms with van der Waals surface area (Å²) in [5, 5.41) is 6.18. The van der Waals surface area contributed by atoms with E-state index in [1.54, 1.807) is 13.8 Å².